The Bertz CT molecular complexity index is 700. The largest absolute Gasteiger partial charge is 0.478 e. The van der Waals surface area contributed by atoms with Crippen molar-refractivity contribution in [2.24, 2.45) is 0 Å². The van der Waals surface area contributed by atoms with Crippen molar-refractivity contribution in [3.63, 3.8) is 0 Å². The number of benzene rings is 2. The Labute approximate surface area is 116 Å². The van der Waals surface area contributed by atoms with Crippen LogP contribution in [0.3, 0.4) is 0 Å². The van der Waals surface area contributed by atoms with Crippen LogP contribution in [0.15, 0.2) is 36.4 Å². The molecular formula is C15H13N3O2. The van der Waals surface area contributed by atoms with E-state index >= 15 is 0 Å². The van der Waals surface area contributed by atoms with E-state index in [4.69, 9.17) is 16.1 Å². The second-order valence-electron chi connectivity index (χ2n) is 4.37. The fourth-order valence-corrected chi connectivity index (χ4v) is 1.84. The van der Waals surface area contributed by atoms with E-state index < -0.39 is 5.97 Å². The highest BCUT2D eigenvalue weighted by atomic mass is 16.4. The molecule has 0 aliphatic heterocycles. The van der Waals surface area contributed by atoms with Crippen LogP contribution >= 0.6 is 0 Å². The van der Waals surface area contributed by atoms with E-state index in [9.17, 15) is 4.79 Å². The van der Waals surface area contributed by atoms with Gasteiger partial charge < -0.3 is 16.2 Å². The molecule has 20 heavy (non-hydrogen) atoms. The first-order chi connectivity index (χ1) is 9.51. The lowest BCUT2D eigenvalue weighted by Crippen LogP contribution is -2.05. The lowest BCUT2D eigenvalue weighted by Gasteiger charge is -2.11. The number of carboxylic acid groups (broad SMARTS) is 1. The highest BCUT2D eigenvalue weighted by Crippen LogP contribution is 2.25. The molecule has 2 aromatic rings. The Morgan fingerprint density at radius 2 is 1.90 bits per heavy atom. The van der Waals surface area contributed by atoms with Crippen LogP contribution in [0.1, 0.15) is 21.5 Å². The van der Waals surface area contributed by atoms with Gasteiger partial charge in [-0.15, -0.1) is 0 Å². The van der Waals surface area contributed by atoms with Gasteiger partial charge in [0.15, 0.2) is 0 Å². The summed E-state index contributed by atoms with van der Waals surface area (Å²) in [6, 6.07) is 12.2. The van der Waals surface area contributed by atoms with Gasteiger partial charge in [-0.3, -0.25) is 0 Å². The molecule has 0 radical (unpaired) electrons. The zero-order valence-corrected chi connectivity index (χ0v) is 10.8. The maximum atomic E-state index is 11.1. The van der Waals surface area contributed by atoms with Crippen LogP contribution in [0.25, 0.3) is 0 Å². The number of nitrogen functional groups attached to an aromatic ring is 1. The predicted octanol–water partition coefficient (Wildman–Crippen LogP) is 2.89. The van der Waals surface area contributed by atoms with Crippen LogP contribution in [0.5, 0.6) is 0 Å². The molecule has 0 bridgehead atoms. The second-order valence-corrected chi connectivity index (χ2v) is 4.37. The van der Waals surface area contributed by atoms with Crippen molar-refractivity contribution in [2.45, 2.75) is 6.92 Å². The zero-order chi connectivity index (χ0) is 14.7. The molecule has 0 aromatic heterocycles. The Morgan fingerprint density at radius 1 is 1.25 bits per heavy atom. The quantitative estimate of drug-likeness (QED) is 0.742. The highest BCUT2D eigenvalue weighted by molar-refractivity contribution is 5.96. The number of nitriles is 1. The third-order valence-electron chi connectivity index (χ3n) is 2.92. The monoisotopic (exact) mass is 267 g/mol. The number of anilines is 3. The summed E-state index contributed by atoms with van der Waals surface area (Å²) in [4.78, 5) is 11.1. The Balaban J connectivity index is 2.34. The number of nitrogens with one attached hydrogen (secondary N) is 1. The standard InChI is InChI=1S/C15H13N3O2/c1-9-6-12(7-13(14(9)17)15(19)20)18-11-4-2-10(8-16)3-5-11/h2-7,18H,17H2,1H3,(H,19,20). The molecule has 0 unspecified atom stereocenters. The van der Waals surface area contributed by atoms with Gasteiger partial charge in [-0.25, -0.2) is 4.79 Å². The van der Waals surface area contributed by atoms with Gasteiger partial charge in [0.2, 0.25) is 0 Å². The molecule has 2 aromatic carbocycles. The van der Waals surface area contributed by atoms with E-state index in [0.29, 0.717) is 16.8 Å². The fraction of sp³-hybridized carbons (Fsp3) is 0.0667. The summed E-state index contributed by atoms with van der Waals surface area (Å²) in [5, 5.41) is 20.9. The normalized spacial score (nSPS) is 9.80. The summed E-state index contributed by atoms with van der Waals surface area (Å²) in [6.45, 7) is 1.76. The number of nitrogens with zero attached hydrogens (tertiary/aromatic N) is 1. The first-order valence-corrected chi connectivity index (χ1v) is 5.92. The van der Waals surface area contributed by atoms with Gasteiger partial charge in [-0.1, -0.05) is 0 Å². The summed E-state index contributed by atoms with van der Waals surface area (Å²) < 4.78 is 0. The molecule has 5 nitrogen and oxygen atoms in total. The maximum Gasteiger partial charge on any atom is 0.337 e. The molecule has 4 N–H and O–H groups in total. The number of aryl methyl sites for hydroxylation is 1. The molecule has 0 heterocycles. The molecule has 0 spiro atoms. The molecule has 0 aliphatic rings. The maximum absolute atomic E-state index is 11.1. The molecule has 5 heteroatoms. The van der Waals surface area contributed by atoms with Crippen molar-refractivity contribution in [1.29, 1.82) is 5.26 Å². The molecule has 2 rings (SSSR count). The Kier molecular flexibility index (Phi) is 3.58. The lowest BCUT2D eigenvalue weighted by atomic mass is 10.1. The predicted molar refractivity (Wildman–Crippen MR) is 77.0 cm³/mol. The van der Waals surface area contributed by atoms with Crippen molar-refractivity contribution in [3.05, 3.63) is 53.1 Å². The number of carboxylic acids is 1. The summed E-state index contributed by atoms with van der Waals surface area (Å²) in [6.07, 6.45) is 0. The van der Waals surface area contributed by atoms with Crippen molar-refractivity contribution in [2.75, 3.05) is 11.1 Å². The van der Waals surface area contributed by atoms with Crippen LogP contribution in [0.4, 0.5) is 17.1 Å². The van der Waals surface area contributed by atoms with Gasteiger partial charge in [0.25, 0.3) is 0 Å². The molecule has 0 saturated heterocycles. The molecule has 0 aliphatic carbocycles. The average molecular weight is 267 g/mol. The number of nitrogens with two attached hydrogens (primary N) is 1. The zero-order valence-electron chi connectivity index (χ0n) is 10.8. The van der Waals surface area contributed by atoms with Gasteiger partial charge in [0, 0.05) is 17.1 Å². The van der Waals surface area contributed by atoms with E-state index in [2.05, 4.69) is 5.32 Å². The molecule has 100 valence electrons. The smallest absolute Gasteiger partial charge is 0.337 e. The summed E-state index contributed by atoms with van der Waals surface area (Å²) in [5.74, 6) is -1.06. The van der Waals surface area contributed by atoms with Crippen molar-refractivity contribution < 1.29 is 9.90 Å². The molecular weight excluding hydrogens is 254 g/mol. The van der Waals surface area contributed by atoms with Crippen LogP contribution in [0, 0.1) is 18.3 Å². The molecule has 0 atom stereocenters. The van der Waals surface area contributed by atoms with Gasteiger partial charge in [-0.05, 0) is 48.9 Å². The number of aromatic carboxylic acids is 1. The molecule has 0 fully saturated rings. The van der Waals surface area contributed by atoms with Crippen LogP contribution in [-0.2, 0) is 0 Å². The summed E-state index contributed by atoms with van der Waals surface area (Å²) in [7, 11) is 0. The highest BCUT2D eigenvalue weighted by Gasteiger charge is 2.11. The van der Waals surface area contributed by atoms with Crippen LogP contribution in [-0.4, -0.2) is 11.1 Å². The number of rotatable bonds is 3. The molecule has 0 saturated carbocycles. The average Bonchev–Trinajstić information content (AvgIpc) is 2.43. The lowest BCUT2D eigenvalue weighted by molar-refractivity contribution is 0.0698. The number of hydrogen-bond acceptors (Lipinski definition) is 4. The first-order valence-electron chi connectivity index (χ1n) is 5.92. The minimum absolute atomic E-state index is 0.0705. The van der Waals surface area contributed by atoms with Gasteiger partial charge in [-0.2, -0.15) is 5.26 Å². The van der Waals surface area contributed by atoms with Gasteiger partial charge in [0.05, 0.1) is 17.2 Å². The number of carbonyl (C=O) groups is 1. The Hall–Kier alpha value is -3.00. The van der Waals surface area contributed by atoms with Crippen molar-refractivity contribution >= 4 is 23.0 Å². The van der Waals surface area contributed by atoms with E-state index in [-0.39, 0.29) is 11.3 Å². The minimum Gasteiger partial charge on any atom is -0.478 e. The number of hydrogen-bond donors (Lipinski definition) is 3. The Morgan fingerprint density at radius 3 is 2.45 bits per heavy atom. The minimum atomic E-state index is -1.06. The summed E-state index contributed by atoms with van der Waals surface area (Å²) in [5.41, 5.74) is 8.74. The van der Waals surface area contributed by atoms with Crippen LogP contribution < -0.4 is 11.1 Å². The van der Waals surface area contributed by atoms with Gasteiger partial charge in [0.1, 0.15) is 0 Å². The van der Waals surface area contributed by atoms with Crippen molar-refractivity contribution in [1.82, 2.24) is 0 Å². The third kappa shape index (κ3) is 2.70. The molecule has 0 amide bonds. The van der Waals surface area contributed by atoms with E-state index in [1.165, 1.54) is 6.07 Å². The van der Waals surface area contributed by atoms with E-state index in [0.717, 1.165) is 5.69 Å². The van der Waals surface area contributed by atoms with E-state index in [1.54, 1.807) is 37.3 Å². The van der Waals surface area contributed by atoms with E-state index in [1.807, 2.05) is 6.07 Å². The van der Waals surface area contributed by atoms with Crippen LogP contribution in [0.2, 0.25) is 0 Å². The fourth-order valence-electron chi connectivity index (χ4n) is 1.84. The third-order valence-corrected chi connectivity index (χ3v) is 2.92. The van der Waals surface area contributed by atoms with Crippen molar-refractivity contribution in [3.8, 4) is 6.07 Å². The summed E-state index contributed by atoms with van der Waals surface area (Å²) >= 11 is 0. The topological polar surface area (TPSA) is 99.1 Å². The first kappa shape index (κ1) is 13.4. The van der Waals surface area contributed by atoms with Gasteiger partial charge >= 0.3 is 5.97 Å². The second kappa shape index (κ2) is 5.33. The SMILES string of the molecule is Cc1cc(Nc2ccc(C#N)cc2)cc(C(=O)O)c1N.